The van der Waals surface area contributed by atoms with Crippen LogP contribution in [0, 0.1) is 11.3 Å². The molecule has 106 valence electrons. The number of hydrogen-bond donors (Lipinski definition) is 1. The van der Waals surface area contributed by atoms with E-state index in [-0.39, 0.29) is 0 Å². The lowest BCUT2D eigenvalue weighted by molar-refractivity contribution is 0.0563. The first kappa shape index (κ1) is 14.3. The van der Waals surface area contributed by atoms with Gasteiger partial charge in [-0.3, -0.25) is 4.98 Å². The maximum Gasteiger partial charge on any atom is 0.137 e. The lowest BCUT2D eigenvalue weighted by Gasteiger charge is -2.36. The third-order valence-electron chi connectivity index (χ3n) is 4.22. The van der Waals surface area contributed by atoms with E-state index in [4.69, 9.17) is 4.74 Å². The number of nitrogens with zero attached hydrogens (tertiary/aromatic N) is 1. The minimum Gasteiger partial charge on any atom is -0.492 e. The van der Waals surface area contributed by atoms with E-state index in [1.165, 1.54) is 12.8 Å². The van der Waals surface area contributed by atoms with E-state index in [9.17, 15) is 5.11 Å². The SMILES string of the molecule is CCOc1cncc(C(O)C2CCC(C)(C)CC2)c1. The third kappa shape index (κ3) is 3.69. The van der Waals surface area contributed by atoms with Crippen LogP contribution in [-0.4, -0.2) is 16.7 Å². The molecule has 3 heteroatoms. The van der Waals surface area contributed by atoms with Crippen molar-refractivity contribution >= 4 is 0 Å². The largest absolute Gasteiger partial charge is 0.492 e. The van der Waals surface area contributed by atoms with Gasteiger partial charge in [0, 0.05) is 11.8 Å². The van der Waals surface area contributed by atoms with Gasteiger partial charge in [-0.1, -0.05) is 13.8 Å². The molecule has 1 aliphatic carbocycles. The standard InChI is InChI=1S/C16H25NO2/c1-4-19-14-9-13(10-17-11-14)15(18)12-5-7-16(2,3)8-6-12/h9-12,15,18H,4-8H2,1-3H3. The second-order valence-corrected chi connectivity index (χ2v) is 6.33. The molecule has 0 bridgehead atoms. The zero-order valence-electron chi connectivity index (χ0n) is 12.2. The summed E-state index contributed by atoms with van der Waals surface area (Å²) in [5, 5.41) is 10.5. The highest BCUT2D eigenvalue weighted by Crippen LogP contribution is 2.42. The van der Waals surface area contributed by atoms with Crippen molar-refractivity contribution in [3.05, 3.63) is 24.0 Å². The number of rotatable bonds is 4. The highest BCUT2D eigenvalue weighted by atomic mass is 16.5. The summed E-state index contributed by atoms with van der Waals surface area (Å²) in [5.74, 6) is 1.10. The average Bonchev–Trinajstić information content (AvgIpc) is 2.39. The molecule has 3 nitrogen and oxygen atoms in total. The summed E-state index contributed by atoms with van der Waals surface area (Å²) in [7, 11) is 0. The van der Waals surface area contributed by atoms with Gasteiger partial charge in [0.25, 0.3) is 0 Å². The zero-order valence-corrected chi connectivity index (χ0v) is 12.2. The van der Waals surface area contributed by atoms with Crippen molar-refractivity contribution in [2.24, 2.45) is 11.3 Å². The van der Waals surface area contributed by atoms with Crippen LogP contribution in [-0.2, 0) is 0 Å². The van der Waals surface area contributed by atoms with Crippen LogP contribution in [0.1, 0.15) is 58.1 Å². The van der Waals surface area contributed by atoms with Gasteiger partial charge < -0.3 is 9.84 Å². The van der Waals surface area contributed by atoms with Gasteiger partial charge in [-0.25, -0.2) is 0 Å². The van der Waals surface area contributed by atoms with Gasteiger partial charge in [0.1, 0.15) is 5.75 Å². The van der Waals surface area contributed by atoms with Gasteiger partial charge in [0.05, 0.1) is 18.9 Å². The van der Waals surface area contributed by atoms with Crippen molar-refractivity contribution in [3.63, 3.8) is 0 Å². The van der Waals surface area contributed by atoms with E-state index < -0.39 is 6.10 Å². The Hall–Kier alpha value is -1.09. The first-order valence-corrected chi connectivity index (χ1v) is 7.27. The molecule has 1 heterocycles. The van der Waals surface area contributed by atoms with Crippen molar-refractivity contribution in [2.75, 3.05) is 6.61 Å². The summed E-state index contributed by atoms with van der Waals surface area (Å²) >= 11 is 0. The van der Waals surface area contributed by atoms with Gasteiger partial charge in [-0.05, 0) is 50.0 Å². The summed E-state index contributed by atoms with van der Waals surface area (Å²) in [6.45, 7) is 7.20. The summed E-state index contributed by atoms with van der Waals surface area (Å²) in [6.07, 6.45) is 7.60. The monoisotopic (exact) mass is 263 g/mol. The predicted octanol–water partition coefficient (Wildman–Crippen LogP) is 3.73. The Morgan fingerprint density at radius 2 is 2.05 bits per heavy atom. The Morgan fingerprint density at radius 3 is 2.68 bits per heavy atom. The van der Waals surface area contributed by atoms with Crippen molar-refractivity contribution in [1.29, 1.82) is 0 Å². The smallest absolute Gasteiger partial charge is 0.137 e. The minimum atomic E-state index is -0.413. The van der Waals surface area contributed by atoms with Crippen LogP contribution in [0.3, 0.4) is 0 Å². The number of pyridine rings is 1. The highest BCUT2D eigenvalue weighted by molar-refractivity contribution is 5.25. The first-order chi connectivity index (χ1) is 9.02. The Bertz CT molecular complexity index is 407. The minimum absolute atomic E-state index is 0.353. The van der Waals surface area contributed by atoms with E-state index >= 15 is 0 Å². The molecule has 19 heavy (non-hydrogen) atoms. The Morgan fingerprint density at radius 1 is 1.37 bits per heavy atom. The molecule has 1 N–H and O–H groups in total. The van der Waals surface area contributed by atoms with Crippen LogP contribution >= 0.6 is 0 Å². The summed E-state index contributed by atoms with van der Waals surface area (Å²) in [6, 6.07) is 1.92. The number of aliphatic hydroxyl groups is 1. The number of hydrogen-bond acceptors (Lipinski definition) is 3. The molecule has 2 rings (SSSR count). The molecule has 1 aromatic rings. The Labute approximate surface area is 116 Å². The fourth-order valence-corrected chi connectivity index (χ4v) is 2.85. The zero-order chi connectivity index (χ0) is 13.9. The summed E-state index contributed by atoms with van der Waals surface area (Å²) in [5.41, 5.74) is 1.32. The Kier molecular flexibility index (Phi) is 4.46. The van der Waals surface area contributed by atoms with Gasteiger partial charge >= 0.3 is 0 Å². The van der Waals surface area contributed by atoms with E-state index in [2.05, 4.69) is 18.8 Å². The van der Waals surface area contributed by atoms with E-state index in [0.717, 1.165) is 24.2 Å². The topological polar surface area (TPSA) is 42.4 Å². The first-order valence-electron chi connectivity index (χ1n) is 7.27. The normalized spacial score (nSPS) is 21.1. The number of aliphatic hydroxyl groups excluding tert-OH is 1. The second kappa shape index (κ2) is 5.91. The second-order valence-electron chi connectivity index (χ2n) is 6.33. The number of aromatic nitrogens is 1. The molecule has 0 aromatic carbocycles. The van der Waals surface area contributed by atoms with Crippen molar-refractivity contribution in [2.45, 2.75) is 52.6 Å². The van der Waals surface area contributed by atoms with Crippen LogP contribution in [0.15, 0.2) is 18.5 Å². The van der Waals surface area contributed by atoms with Crippen LogP contribution in [0.2, 0.25) is 0 Å². The van der Waals surface area contributed by atoms with Crippen molar-refractivity contribution in [3.8, 4) is 5.75 Å². The molecule has 0 aliphatic heterocycles. The van der Waals surface area contributed by atoms with Gasteiger partial charge in [0.2, 0.25) is 0 Å². The molecule has 1 aromatic heterocycles. The predicted molar refractivity (Wildman–Crippen MR) is 76.1 cm³/mol. The van der Waals surface area contributed by atoms with Gasteiger partial charge in [-0.15, -0.1) is 0 Å². The quantitative estimate of drug-likeness (QED) is 0.900. The average molecular weight is 263 g/mol. The molecule has 1 fully saturated rings. The molecule has 1 aliphatic rings. The highest BCUT2D eigenvalue weighted by Gasteiger charge is 2.31. The van der Waals surface area contributed by atoms with Crippen LogP contribution in [0.25, 0.3) is 0 Å². The summed E-state index contributed by atoms with van der Waals surface area (Å²) in [4.78, 5) is 4.16. The van der Waals surface area contributed by atoms with E-state index in [1.54, 1.807) is 12.4 Å². The summed E-state index contributed by atoms with van der Waals surface area (Å²) < 4.78 is 5.44. The van der Waals surface area contributed by atoms with Crippen LogP contribution in [0.4, 0.5) is 0 Å². The van der Waals surface area contributed by atoms with E-state index in [0.29, 0.717) is 17.9 Å². The molecule has 0 radical (unpaired) electrons. The Balaban J connectivity index is 2.03. The maximum atomic E-state index is 10.5. The molecular weight excluding hydrogens is 238 g/mol. The van der Waals surface area contributed by atoms with Crippen LogP contribution in [0.5, 0.6) is 5.75 Å². The molecule has 0 spiro atoms. The lowest BCUT2D eigenvalue weighted by Crippen LogP contribution is -2.25. The lowest BCUT2D eigenvalue weighted by atomic mass is 9.71. The van der Waals surface area contributed by atoms with Gasteiger partial charge in [0.15, 0.2) is 0 Å². The third-order valence-corrected chi connectivity index (χ3v) is 4.22. The van der Waals surface area contributed by atoms with Crippen LogP contribution < -0.4 is 4.74 Å². The molecule has 1 saturated carbocycles. The van der Waals surface area contributed by atoms with Crippen molar-refractivity contribution in [1.82, 2.24) is 4.98 Å². The fourth-order valence-electron chi connectivity index (χ4n) is 2.85. The number of ether oxygens (including phenoxy) is 1. The van der Waals surface area contributed by atoms with Crippen molar-refractivity contribution < 1.29 is 9.84 Å². The molecule has 0 saturated heterocycles. The maximum absolute atomic E-state index is 10.5. The molecule has 0 amide bonds. The van der Waals surface area contributed by atoms with E-state index in [1.807, 2.05) is 13.0 Å². The van der Waals surface area contributed by atoms with Gasteiger partial charge in [-0.2, -0.15) is 0 Å². The fraction of sp³-hybridized carbons (Fsp3) is 0.688. The molecule has 1 unspecified atom stereocenters. The molecular formula is C16H25NO2. The molecule has 1 atom stereocenters.